The Morgan fingerprint density at radius 1 is 0.895 bits per heavy atom. The second-order valence-corrected chi connectivity index (χ2v) is 5.74. The second kappa shape index (κ2) is 7.68. The van der Waals surface area contributed by atoms with E-state index in [4.69, 9.17) is 11.6 Å². The molecule has 0 aliphatic carbocycles. The Hall–Kier alpha value is -0.830. The molecule has 0 heterocycles. The topological polar surface area (TPSA) is 3.24 Å². The fourth-order valence-electron chi connectivity index (χ4n) is 2.07. The molecule has 0 bridgehead atoms. The number of nitrogens with zero attached hydrogens (tertiary/aromatic N) is 1. The third kappa shape index (κ3) is 4.98. The summed E-state index contributed by atoms with van der Waals surface area (Å²) in [6.07, 6.45) is 0. The average molecular weight is 339 g/mol. The van der Waals surface area contributed by atoms with Gasteiger partial charge in [-0.25, -0.2) is 0 Å². The maximum absolute atomic E-state index is 6.04. The van der Waals surface area contributed by atoms with Crippen molar-refractivity contribution < 1.29 is 0 Å². The maximum Gasteiger partial charge on any atom is 0.0409 e. The molecule has 0 amide bonds. The molecular weight excluding hydrogens is 322 g/mol. The summed E-state index contributed by atoms with van der Waals surface area (Å²) in [6.45, 7) is 2.89. The van der Waals surface area contributed by atoms with E-state index >= 15 is 0 Å². The molecule has 2 aromatic rings. The van der Waals surface area contributed by atoms with Crippen LogP contribution in [0.4, 0.5) is 0 Å². The summed E-state index contributed by atoms with van der Waals surface area (Å²) in [6, 6.07) is 18.6. The van der Waals surface area contributed by atoms with Gasteiger partial charge < -0.3 is 0 Å². The van der Waals surface area contributed by atoms with E-state index in [1.807, 2.05) is 18.2 Å². The van der Waals surface area contributed by atoms with E-state index in [1.165, 1.54) is 11.1 Å². The molecule has 0 aromatic heterocycles. The van der Waals surface area contributed by atoms with Crippen LogP contribution in [0.1, 0.15) is 11.1 Å². The van der Waals surface area contributed by atoms with Gasteiger partial charge in [0.2, 0.25) is 0 Å². The highest BCUT2D eigenvalue weighted by Gasteiger charge is 2.06. The Morgan fingerprint density at radius 3 is 2.26 bits per heavy atom. The third-order valence-electron chi connectivity index (χ3n) is 2.94. The highest BCUT2D eigenvalue weighted by atomic mass is 79.9. The molecule has 0 aliphatic heterocycles. The molecule has 0 N–H and O–H groups in total. The average Bonchev–Trinajstić information content (AvgIpc) is 2.40. The molecule has 2 aromatic carbocycles. The minimum Gasteiger partial charge on any atom is -0.294 e. The molecule has 3 heteroatoms. The van der Waals surface area contributed by atoms with Crippen LogP contribution in [0.2, 0.25) is 5.02 Å². The zero-order valence-corrected chi connectivity index (χ0v) is 13.1. The maximum atomic E-state index is 6.04. The Kier molecular flexibility index (Phi) is 5.90. The predicted octanol–water partition coefficient (Wildman–Crippen LogP) is 4.74. The Balaban J connectivity index is 2.04. The van der Waals surface area contributed by atoms with Gasteiger partial charge in [0.1, 0.15) is 0 Å². The van der Waals surface area contributed by atoms with E-state index in [0.29, 0.717) is 0 Å². The van der Waals surface area contributed by atoms with Crippen molar-refractivity contribution in [2.45, 2.75) is 13.1 Å². The van der Waals surface area contributed by atoms with Crippen molar-refractivity contribution in [1.82, 2.24) is 4.90 Å². The summed E-state index contributed by atoms with van der Waals surface area (Å²) in [5.41, 5.74) is 2.59. The monoisotopic (exact) mass is 337 g/mol. The number of alkyl halides is 1. The number of rotatable bonds is 6. The minimum absolute atomic E-state index is 0.802. The smallest absolute Gasteiger partial charge is 0.0409 e. The summed E-state index contributed by atoms with van der Waals surface area (Å²) in [4.78, 5) is 2.41. The summed E-state index contributed by atoms with van der Waals surface area (Å²) in [7, 11) is 0. The van der Waals surface area contributed by atoms with Crippen molar-refractivity contribution in [1.29, 1.82) is 0 Å². The van der Waals surface area contributed by atoms with Crippen LogP contribution in [0.3, 0.4) is 0 Å². The van der Waals surface area contributed by atoms with Gasteiger partial charge in [-0.1, -0.05) is 70.0 Å². The number of halogens is 2. The van der Waals surface area contributed by atoms with Gasteiger partial charge in [-0.15, -0.1) is 0 Å². The van der Waals surface area contributed by atoms with Crippen LogP contribution >= 0.6 is 27.5 Å². The molecule has 0 unspecified atom stereocenters. The number of hydrogen-bond acceptors (Lipinski definition) is 1. The van der Waals surface area contributed by atoms with Gasteiger partial charge in [0.15, 0.2) is 0 Å². The number of hydrogen-bond donors (Lipinski definition) is 0. The molecule has 2 rings (SSSR count). The molecule has 19 heavy (non-hydrogen) atoms. The van der Waals surface area contributed by atoms with Crippen LogP contribution in [0.15, 0.2) is 54.6 Å². The minimum atomic E-state index is 0.802. The molecule has 0 radical (unpaired) electrons. The lowest BCUT2D eigenvalue weighted by Crippen LogP contribution is -2.24. The first kappa shape index (κ1) is 14.6. The van der Waals surface area contributed by atoms with Crippen LogP contribution in [-0.4, -0.2) is 16.8 Å². The molecule has 0 saturated heterocycles. The fourth-order valence-corrected chi connectivity index (χ4v) is 2.78. The standard InChI is InChI=1S/C16H17BrClN/c17-9-10-19(12-14-5-2-1-3-6-14)13-15-7-4-8-16(18)11-15/h1-8,11H,9-10,12-13H2. The summed E-state index contributed by atoms with van der Waals surface area (Å²) < 4.78 is 0. The van der Waals surface area contributed by atoms with Crippen molar-refractivity contribution in [3.63, 3.8) is 0 Å². The van der Waals surface area contributed by atoms with Crippen LogP contribution < -0.4 is 0 Å². The highest BCUT2D eigenvalue weighted by molar-refractivity contribution is 9.09. The second-order valence-electron chi connectivity index (χ2n) is 4.52. The lowest BCUT2D eigenvalue weighted by atomic mass is 10.1. The first-order valence-electron chi connectivity index (χ1n) is 6.34. The Bertz CT molecular complexity index is 501. The molecule has 0 atom stereocenters. The van der Waals surface area contributed by atoms with E-state index in [1.54, 1.807) is 0 Å². The van der Waals surface area contributed by atoms with E-state index in [2.05, 4.69) is 57.2 Å². The SMILES string of the molecule is Clc1cccc(CN(CCBr)Cc2ccccc2)c1. The van der Waals surface area contributed by atoms with Crippen LogP contribution in [0.5, 0.6) is 0 Å². The van der Waals surface area contributed by atoms with Gasteiger partial charge in [0, 0.05) is 30.0 Å². The third-order valence-corrected chi connectivity index (χ3v) is 3.53. The van der Waals surface area contributed by atoms with Gasteiger partial charge in [0.25, 0.3) is 0 Å². The lowest BCUT2D eigenvalue weighted by molar-refractivity contribution is 0.274. The fraction of sp³-hybridized carbons (Fsp3) is 0.250. The molecule has 0 saturated carbocycles. The van der Waals surface area contributed by atoms with Crippen LogP contribution in [-0.2, 0) is 13.1 Å². The van der Waals surface area contributed by atoms with Gasteiger partial charge in [-0.05, 0) is 23.3 Å². The first-order valence-corrected chi connectivity index (χ1v) is 7.84. The van der Waals surface area contributed by atoms with E-state index in [-0.39, 0.29) is 0 Å². The van der Waals surface area contributed by atoms with Crippen LogP contribution in [0, 0.1) is 0 Å². The zero-order valence-electron chi connectivity index (χ0n) is 10.7. The highest BCUT2D eigenvalue weighted by Crippen LogP contribution is 2.14. The van der Waals surface area contributed by atoms with E-state index < -0.39 is 0 Å². The number of benzene rings is 2. The molecule has 100 valence electrons. The molecule has 0 fully saturated rings. The first-order chi connectivity index (χ1) is 9.28. The van der Waals surface area contributed by atoms with E-state index in [0.717, 1.165) is 30.0 Å². The quantitative estimate of drug-likeness (QED) is 0.688. The van der Waals surface area contributed by atoms with Gasteiger partial charge >= 0.3 is 0 Å². The molecule has 0 aliphatic rings. The van der Waals surface area contributed by atoms with Gasteiger partial charge in [0.05, 0.1) is 0 Å². The molecule has 1 nitrogen and oxygen atoms in total. The van der Waals surface area contributed by atoms with Crippen molar-refractivity contribution in [3.05, 3.63) is 70.7 Å². The lowest BCUT2D eigenvalue weighted by Gasteiger charge is -2.21. The van der Waals surface area contributed by atoms with Crippen molar-refractivity contribution >= 4 is 27.5 Å². The summed E-state index contributed by atoms with van der Waals surface area (Å²) >= 11 is 9.56. The molecule has 0 spiro atoms. The Labute approximate surface area is 128 Å². The predicted molar refractivity (Wildman–Crippen MR) is 85.8 cm³/mol. The van der Waals surface area contributed by atoms with Crippen molar-refractivity contribution in [2.75, 3.05) is 11.9 Å². The van der Waals surface area contributed by atoms with Crippen LogP contribution in [0.25, 0.3) is 0 Å². The molecular formula is C16H17BrClN. The van der Waals surface area contributed by atoms with Gasteiger partial charge in [-0.3, -0.25) is 4.90 Å². The van der Waals surface area contributed by atoms with Crippen molar-refractivity contribution in [2.24, 2.45) is 0 Å². The Morgan fingerprint density at radius 2 is 1.58 bits per heavy atom. The van der Waals surface area contributed by atoms with Gasteiger partial charge in [-0.2, -0.15) is 0 Å². The normalized spacial score (nSPS) is 10.9. The summed E-state index contributed by atoms with van der Waals surface area (Å²) in [5, 5.41) is 1.77. The van der Waals surface area contributed by atoms with E-state index in [9.17, 15) is 0 Å². The summed E-state index contributed by atoms with van der Waals surface area (Å²) in [5.74, 6) is 0. The largest absolute Gasteiger partial charge is 0.294 e. The zero-order chi connectivity index (χ0) is 13.5. The van der Waals surface area contributed by atoms with Crippen molar-refractivity contribution in [3.8, 4) is 0 Å².